The molecule has 3 N–H and O–H groups in total. The molecule has 1 aromatic rings. The summed E-state index contributed by atoms with van der Waals surface area (Å²) in [7, 11) is -3.26. The van der Waals surface area contributed by atoms with Crippen molar-refractivity contribution < 1.29 is 8.42 Å². The van der Waals surface area contributed by atoms with Gasteiger partial charge in [0.05, 0.1) is 0 Å². The Morgan fingerprint density at radius 3 is 2.60 bits per heavy atom. The van der Waals surface area contributed by atoms with Crippen molar-refractivity contribution in [3.05, 3.63) is 27.9 Å². The molecule has 6 nitrogen and oxygen atoms in total. The maximum absolute atomic E-state index is 11.3. The van der Waals surface area contributed by atoms with Gasteiger partial charge in [-0.15, -0.1) is 0 Å². The molecule has 1 unspecified atom stereocenters. The molecule has 0 fully saturated rings. The highest BCUT2D eigenvalue weighted by atomic mass is 32.2. The standard InChI is InChI=1S/C8H13N3O3S/c1-5(15(2,13)14)7-10-4-6(3-9)8(12)11-7/h4-5H,3,9H2,1-2H3,(H,10,11,12). The van der Waals surface area contributed by atoms with Gasteiger partial charge in [-0.3, -0.25) is 4.79 Å². The van der Waals surface area contributed by atoms with Gasteiger partial charge in [0, 0.05) is 24.6 Å². The second kappa shape index (κ2) is 4.11. The van der Waals surface area contributed by atoms with E-state index in [4.69, 9.17) is 5.73 Å². The zero-order chi connectivity index (χ0) is 11.6. The van der Waals surface area contributed by atoms with Gasteiger partial charge in [0.25, 0.3) is 5.56 Å². The molecular formula is C8H13N3O3S. The Balaban J connectivity index is 3.20. The normalized spacial score (nSPS) is 13.8. The van der Waals surface area contributed by atoms with E-state index in [2.05, 4.69) is 9.97 Å². The smallest absolute Gasteiger partial charge is 0.255 e. The van der Waals surface area contributed by atoms with Crippen LogP contribution in [-0.2, 0) is 16.4 Å². The van der Waals surface area contributed by atoms with Gasteiger partial charge in [-0.05, 0) is 6.92 Å². The van der Waals surface area contributed by atoms with E-state index in [0.717, 1.165) is 6.26 Å². The second-order valence-electron chi connectivity index (χ2n) is 3.30. The molecular weight excluding hydrogens is 218 g/mol. The quantitative estimate of drug-likeness (QED) is 0.718. The number of hydrogen-bond acceptors (Lipinski definition) is 5. The van der Waals surface area contributed by atoms with Crippen molar-refractivity contribution in [2.45, 2.75) is 18.7 Å². The number of nitrogens with two attached hydrogens (primary N) is 1. The van der Waals surface area contributed by atoms with Crippen LogP contribution in [-0.4, -0.2) is 24.6 Å². The van der Waals surface area contributed by atoms with E-state index in [1.165, 1.54) is 13.1 Å². The van der Waals surface area contributed by atoms with Crippen molar-refractivity contribution in [1.82, 2.24) is 9.97 Å². The summed E-state index contributed by atoms with van der Waals surface area (Å²) >= 11 is 0. The Labute approximate surface area is 87.5 Å². The molecule has 1 atom stereocenters. The molecule has 0 saturated heterocycles. The maximum Gasteiger partial charge on any atom is 0.255 e. The molecule has 0 saturated carbocycles. The van der Waals surface area contributed by atoms with Crippen LogP contribution in [0.4, 0.5) is 0 Å². The summed E-state index contributed by atoms with van der Waals surface area (Å²) in [6.07, 6.45) is 2.39. The fraction of sp³-hybridized carbons (Fsp3) is 0.500. The van der Waals surface area contributed by atoms with Crippen LogP contribution in [0.1, 0.15) is 23.6 Å². The lowest BCUT2D eigenvalue weighted by Crippen LogP contribution is -2.21. The number of rotatable bonds is 3. The SMILES string of the molecule is CC(c1ncc(CN)c(=O)[nH]1)S(C)(=O)=O. The molecule has 0 aliphatic heterocycles. The number of nitrogens with zero attached hydrogens (tertiary/aromatic N) is 1. The topological polar surface area (TPSA) is 106 Å². The molecule has 0 aromatic carbocycles. The molecule has 7 heteroatoms. The molecule has 0 aliphatic rings. The van der Waals surface area contributed by atoms with Crippen LogP contribution >= 0.6 is 0 Å². The number of H-pyrrole nitrogens is 1. The third-order valence-electron chi connectivity index (χ3n) is 2.14. The summed E-state index contributed by atoms with van der Waals surface area (Å²) in [5.74, 6) is 0.139. The number of aromatic nitrogens is 2. The van der Waals surface area contributed by atoms with E-state index in [-0.39, 0.29) is 12.4 Å². The third kappa shape index (κ3) is 2.63. The molecule has 0 spiro atoms. The van der Waals surface area contributed by atoms with Gasteiger partial charge in [-0.1, -0.05) is 0 Å². The van der Waals surface area contributed by atoms with Crippen molar-refractivity contribution in [2.24, 2.45) is 5.73 Å². The average Bonchev–Trinajstić information content (AvgIpc) is 2.15. The second-order valence-corrected chi connectivity index (χ2v) is 5.66. The van der Waals surface area contributed by atoms with E-state index >= 15 is 0 Å². The molecule has 0 aliphatic carbocycles. The highest BCUT2D eigenvalue weighted by molar-refractivity contribution is 7.90. The number of sulfone groups is 1. The van der Waals surface area contributed by atoms with Crippen LogP contribution in [0, 0.1) is 0 Å². The van der Waals surface area contributed by atoms with Crippen molar-refractivity contribution in [2.75, 3.05) is 6.26 Å². The van der Waals surface area contributed by atoms with Gasteiger partial charge in [0.2, 0.25) is 0 Å². The monoisotopic (exact) mass is 231 g/mol. The minimum atomic E-state index is -3.26. The van der Waals surface area contributed by atoms with E-state index < -0.39 is 20.6 Å². The first-order valence-electron chi connectivity index (χ1n) is 4.33. The Hall–Kier alpha value is -1.21. The minimum Gasteiger partial charge on any atom is -0.326 e. The molecule has 84 valence electrons. The van der Waals surface area contributed by atoms with Crippen LogP contribution in [0.25, 0.3) is 0 Å². The van der Waals surface area contributed by atoms with E-state index in [0.29, 0.717) is 5.56 Å². The lowest BCUT2D eigenvalue weighted by Gasteiger charge is -2.08. The Morgan fingerprint density at radius 2 is 2.20 bits per heavy atom. The summed E-state index contributed by atoms with van der Waals surface area (Å²) < 4.78 is 22.4. The van der Waals surface area contributed by atoms with Crippen molar-refractivity contribution in [3.8, 4) is 0 Å². The first-order valence-corrected chi connectivity index (χ1v) is 6.28. The lowest BCUT2D eigenvalue weighted by atomic mass is 10.3. The van der Waals surface area contributed by atoms with Gasteiger partial charge >= 0.3 is 0 Å². The molecule has 0 bridgehead atoms. The van der Waals surface area contributed by atoms with Crippen LogP contribution < -0.4 is 11.3 Å². The summed E-state index contributed by atoms with van der Waals surface area (Å²) in [6, 6.07) is 0. The van der Waals surface area contributed by atoms with E-state index in [1.54, 1.807) is 0 Å². The molecule has 1 rings (SSSR count). The number of aromatic amines is 1. The van der Waals surface area contributed by atoms with Crippen molar-refractivity contribution >= 4 is 9.84 Å². The highest BCUT2D eigenvalue weighted by Gasteiger charge is 2.19. The van der Waals surface area contributed by atoms with Crippen LogP contribution in [0.2, 0.25) is 0 Å². The molecule has 0 radical (unpaired) electrons. The van der Waals surface area contributed by atoms with Crippen molar-refractivity contribution in [1.29, 1.82) is 0 Å². The lowest BCUT2D eigenvalue weighted by molar-refractivity contribution is 0.588. The fourth-order valence-electron chi connectivity index (χ4n) is 0.990. The van der Waals surface area contributed by atoms with E-state index in [9.17, 15) is 13.2 Å². The van der Waals surface area contributed by atoms with Crippen LogP contribution in [0.15, 0.2) is 11.0 Å². The Morgan fingerprint density at radius 1 is 1.60 bits per heavy atom. The largest absolute Gasteiger partial charge is 0.326 e. The summed E-state index contributed by atoms with van der Waals surface area (Å²) in [4.78, 5) is 17.6. The zero-order valence-electron chi connectivity index (χ0n) is 8.52. The highest BCUT2D eigenvalue weighted by Crippen LogP contribution is 2.14. The Bertz CT molecular complexity index is 506. The van der Waals surface area contributed by atoms with Gasteiger partial charge in [0.15, 0.2) is 9.84 Å². The maximum atomic E-state index is 11.3. The van der Waals surface area contributed by atoms with Gasteiger partial charge in [-0.25, -0.2) is 13.4 Å². The zero-order valence-corrected chi connectivity index (χ0v) is 9.34. The van der Waals surface area contributed by atoms with E-state index in [1.807, 2.05) is 0 Å². The molecule has 1 aromatic heterocycles. The molecule has 0 amide bonds. The average molecular weight is 231 g/mol. The van der Waals surface area contributed by atoms with Gasteiger partial charge in [0.1, 0.15) is 11.1 Å². The summed E-state index contributed by atoms with van der Waals surface area (Å²) in [5, 5.41) is -0.822. The predicted octanol–water partition coefficient (Wildman–Crippen LogP) is -0.666. The fourth-order valence-corrected chi connectivity index (χ4v) is 1.52. The van der Waals surface area contributed by atoms with Gasteiger partial charge < -0.3 is 10.7 Å². The van der Waals surface area contributed by atoms with Gasteiger partial charge in [-0.2, -0.15) is 0 Å². The first kappa shape index (κ1) is 11.9. The molecule has 1 heterocycles. The third-order valence-corrected chi connectivity index (χ3v) is 3.65. The predicted molar refractivity (Wildman–Crippen MR) is 56.0 cm³/mol. The summed E-state index contributed by atoms with van der Waals surface area (Å²) in [6.45, 7) is 1.55. The Kier molecular flexibility index (Phi) is 3.25. The summed E-state index contributed by atoms with van der Waals surface area (Å²) in [5.41, 5.74) is 5.23. The molecule has 15 heavy (non-hydrogen) atoms. The number of nitrogens with one attached hydrogen (secondary N) is 1. The minimum absolute atomic E-state index is 0.0792. The van der Waals surface area contributed by atoms with Crippen LogP contribution in [0.3, 0.4) is 0 Å². The first-order chi connectivity index (χ1) is 6.86. The van der Waals surface area contributed by atoms with Crippen molar-refractivity contribution in [3.63, 3.8) is 0 Å². The van der Waals surface area contributed by atoms with Crippen LogP contribution in [0.5, 0.6) is 0 Å². The number of hydrogen-bond donors (Lipinski definition) is 2.